The van der Waals surface area contributed by atoms with Crippen molar-refractivity contribution in [1.29, 1.82) is 0 Å². The van der Waals surface area contributed by atoms with Crippen molar-refractivity contribution in [3.63, 3.8) is 0 Å². The first kappa shape index (κ1) is 16.2. The summed E-state index contributed by atoms with van der Waals surface area (Å²) in [6.07, 6.45) is -0.268. The average Bonchev–Trinajstić information content (AvgIpc) is 2.40. The second kappa shape index (κ2) is 6.69. The van der Waals surface area contributed by atoms with Gasteiger partial charge in [-0.3, -0.25) is 0 Å². The predicted molar refractivity (Wildman–Crippen MR) is 87.6 cm³/mol. The summed E-state index contributed by atoms with van der Waals surface area (Å²) >= 11 is 12.1. The van der Waals surface area contributed by atoms with Crippen LogP contribution in [0.25, 0.3) is 0 Å². The maximum atomic E-state index is 10.6. The van der Waals surface area contributed by atoms with Gasteiger partial charge in [-0.2, -0.15) is 0 Å². The van der Waals surface area contributed by atoms with E-state index in [0.717, 1.165) is 22.3 Å². The predicted octanol–water partition coefficient (Wildman–Crippen LogP) is 4.89. The van der Waals surface area contributed by atoms with Crippen LogP contribution in [0.5, 0.6) is 5.75 Å². The highest BCUT2D eigenvalue weighted by Gasteiger charge is 2.18. The molecule has 0 aliphatic rings. The Labute approximate surface area is 135 Å². The first-order chi connectivity index (χ1) is 9.92. The molecule has 0 radical (unpaired) electrons. The fourth-order valence-corrected chi connectivity index (χ4v) is 3.02. The van der Waals surface area contributed by atoms with Gasteiger partial charge < -0.3 is 9.84 Å². The van der Waals surface area contributed by atoms with Gasteiger partial charge in [0, 0.05) is 22.0 Å². The van der Waals surface area contributed by atoms with E-state index in [-0.39, 0.29) is 0 Å². The van der Waals surface area contributed by atoms with Gasteiger partial charge in [0.2, 0.25) is 0 Å². The van der Waals surface area contributed by atoms with E-state index in [4.69, 9.17) is 27.9 Å². The maximum Gasteiger partial charge on any atom is 0.125 e. The van der Waals surface area contributed by atoms with Crippen molar-refractivity contribution in [3.8, 4) is 5.75 Å². The van der Waals surface area contributed by atoms with Crippen LogP contribution in [0.15, 0.2) is 30.3 Å². The molecular weight excluding hydrogens is 307 g/mol. The molecule has 21 heavy (non-hydrogen) atoms. The molecule has 1 atom stereocenters. The van der Waals surface area contributed by atoms with Gasteiger partial charge in [0.1, 0.15) is 5.75 Å². The van der Waals surface area contributed by atoms with Gasteiger partial charge in [0.25, 0.3) is 0 Å². The number of rotatable bonds is 4. The lowest BCUT2D eigenvalue weighted by atomic mass is 9.95. The number of hydrogen-bond acceptors (Lipinski definition) is 2. The Morgan fingerprint density at radius 3 is 2.48 bits per heavy atom. The Morgan fingerprint density at radius 1 is 1.14 bits per heavy atom. The first-order valence-electron chi connectivity index (χ1n) is 6.69. The molecule has 2 rings (SSSR count). The lowest BCUT2D eigenvalue weighted by Crippen LogP contribution is -2.07. The van der Waals surface area contributed by atoms with Crippen LogP contribution in [0.1, 0.15) is 28.4 Å². The normalized spacial score (nSPS) is 12.3. The van der Waals surface area contributed by atoms with E-state index in [9.17, 15) is 5.11 Å². The lowest BCUT2D eigenvalue weighted by Gasteiger charge is -2.19. The zero-order chi connectivity index (χ0) is 15.6. The molecule has 0 aliphatic heterocycles. The maximum absolute atomic E-state index is 10.6. The molecular formula is C17H18Cl2O2. The summed E-state index contributed by atoms with van der Waals surface area (Å²) in [6, 6.07) is 9.25. The highest BCUT2D eigenvalue weighted by molar-refractivity contribution is 6.35. The molecule has 4 heteroatoms. The van der Waals surface area contributed by atoms with Crippen LogP contribution < -0.4 is 4.74 Å². The van der Waals surface area contributed by atoms with Gasteiger partial charge in [0.15, 0.2) is 0 Å². The van der Waals surface area contributed by atoms with E-state index in [1.807, 2.05) is 32.0 Å². The van der Waals surface area contributed by atoms with Crippen LogP contribution in [0, 0.1) is 13.8 Å². The molecule has 0 fully saturated rings. The molecule has 0 aromatic heterocycles. The van der Waals surface area contributed by atoms with Crippen molar-refractivity contribution in [3.05, 3.63) is 62.6 Å². The topological polar surface area (TPSA) is 29.5 Å². The van der Waals surface area contributed by atoms with Crippen molar-refractivity contribution in [1.82, 2.24) is 0 Å². The zero-order valence-electron chi connectivity index (χ0n) is 12.3. The van der Waals surface area contributed by atoms with Gasteiger partial charge in [-0.15, -0.1) is 0 Å². The molecule has 112 valence electrons. The number of halogens is 2. The third-order valence-corrected chi connectivity index (χ3v) is 4.06. The molecule has 0 amide bonds. The molecule has 1 unspecified atom stereocenters. The standard InChI is InChI=1S/C17H18Cl2O2/c1-10-6-11(2)17(16(7-10)21-3)15(20)8-12-4-5-13(18)9-14(12)19/h4-7,9,15,20H,8H2,1-3H3. The fourth-order valence-electron chi connectivity index (χ4n) is 2.53. The Balaban J connectivity index is 2.34. The number of hydrogen-bond donors (Lipinski definition) is 1. The SMILES string of the molecule is COc1cc(C)cc(C)c1C(O)Cc1ccc(Cl)cc1Cl. The van der Waals surface area contributed by atoms with Gasteiger partial charge in [-0.05, 0) is 48.7 Å². The number of methoxy groups -OCH3 is 1. The minimum Gasteiger partial charge on any atom is -0.496 e. The molecule has 0 spiro atoms. The summed E-state index contributed by atoms with van der Waals surface area (Å²) in [5.74, 6) is 0.699. The van der Waals surface area contributed by atoms with Gasteiger partial charge in [0.05, 0.1) is 13.2 Å². The van der Waals surface area contributed by atoms with E-state index in [0.29, 0.717) is 22.2 Å². The molecule has 0 bridgehead atoms. The highest BCUT2D eigenvalue weighted by atomic mass is 35.5. The summed E-state index contributed by atoms with van der Waals surface area (Å²) in [7, 11) is 1.61. The quantitative estimate of drug-likeness (QED) is 0.867. The van der Waals surface area contributed by atoms with E-state index in [1.54, 1.807) is 19.2 Å². The van der Waals surface area contributed by atoms with Crippen LogP contribution in [0.4, 0.5) is 0 Å². The molecule has 0 saturated heterocycles. The molecule has 2 aromatic rings. The first-order valence-corrected chi connectivity index (χ1v) is 7.45. The van der Waals surface area contributed by atoms with Crippen LogP contribution >= 0.6 is 23.2 Å². The Morgan fingerprint density at radius 2 is 1.86 bits per heavy atom. The summed E-state index contributed by atoms with van der Waals surface area (Å²) < 4.78 is 5.40. The van der Waals surface area contributed by atoms with Crippen molar-refractivity contribution < 1.29 is 9.84 Å². The monoisotopic (exact) mass is 324 g/mol. The summed E-state index contributed by atoms with van der Waals surface area (Å²) in [6.45, 7) is 3.97. The Bertz CT molecular complexity index is 653. The van der Waals surface area contributed by atoms with Crippen molar-refractivity contribution in [2.24, 2.45) is 0 Å². The highest BCUT2D eigenvalue weighted by Crippen LogP contribution is 2.33. The Hall–Kier alpha value is -1.22. The zero-order valence-corrected chi connectivity index (χ0v) is 13.8. The lowest BCUT2D eigenvalue weighted by molar-refractivity contribution is 0.173. The van der Waals surface area contributed by atoms with E-state index in [1.165, 1.54) is 0 Å². The van der Waals surface area contributed by atoms with Crippen LogP contribution in [0.2, 0.25) is 10.0 Å². The van der Waals surface area contributed by atoms with Crippen LogP contribution in [-0.2, 0) is 6.42 Å². The van der Waals surface area contributed by atoms with E-state index < -0.39 is 6.10 Å². The van der Waals surface area contributed by atoms with Crippen molar-refractivity contribution in [2.45, 2.75) is 26.4 Å². The molecule has 2 nitrogen and oxygen atoms in total. The summed E-state index contributed by atoms with van der Waals surface area (Å²) in [4.78, 5) is 0. The number of aliphatic hydroxyl groups is 1. The third kappa shape index (κ3) is 3.70. The number of ether oxygens (including phenoxy) is 1. The molecule has 0 heterocycles. The van der Waals surface area contributed by atoms with Crippen LogP contribution in [0.3, 0.4) is 0 Å². The summed E-state index contributed by atoms with van der Waals surface area (Å²) in [5, 5.41) is 11.7. The van der Waals surface area contributed by atoms with E-state index in [2.05, 4.69) is 0 Å². The summed E-state index contributed by atoms with van der Waals surface area (Å²) in [5.41, 5.74) is 3.76. The van der Waals surface area contributed by atoms with Crippen LogP contribution in [-0.4, -0.2) is 12.2 Å². The smallest absolute Gasteiger partial charge is 0.125 e. The molecule has 0 saturated carbocycles. The second-order valence-corrected chi connectivity index (χ2v) is 6.00. The van der Waals surface area contributed by atoms with Gasteiger partial charge >= 0.3 is 0 Å². The Kier molecular flexibility index (Phi) is 5.15. The molecule has 2 aromatic carbocycles. The minimum atomic E-state index is -0.681. The fraction of sp³-hybridized carbons (Fsp3) is 0.294. The largest absolute Gasteiger partial charge is 0.496 e. The van der Waals surface area contributed by atoms with Crippen molar-refractivity contribution in [2.75, 3.05) is 7.11 Å². The number of aliphatic hydroxyl groups excluding tert-OH is 1. The second-order valence-electron chi connectivity index (χ2n) is 5.15. The average molecular weight is 325 g/mol. The van der Waals surface area contributed by atoms with Gasteiger partial charge in [-0.25, -0.2) is 0 Å². The van der Waals surface area contributed by atoms with Gasteiger partial charge in [-0.1, -0.05) is 35.3 Å². The minimum absolute atomic E-state index is 0.413. The number of benzene rings is 2. The number of aryl methyl sites for hydroxylation is 2. The van der Waals surface area contributed by atoms with E-state index >= 15 is 0 Å². The third-order valence-electron chi connectivity index (χ3n) is 3.47. The van der Waals surface area contributed by atoms with Crippen molar-refractivity contribution >= 4 is 23.2 Å². The molecule has 0 aliphatic carbocycles. The molecule has 1 N–H and O–H groups in total.